The molecule has 0 aromatic carbocycles. The molecule has 0 aliphatic carbocycles. The van der Waals surface area contributed by atoms with Gasteiger partial charge in [-0.3, -0.25) is 4.98 Å². The molecule has 0 unspecified atom stereocenters. The maximum atomic E-state index is 12.4. The third-order valence-corrected chi connectivity index (χ3v) is 3.01. The molecule has 0 radical (unpaired) electrons. The minimum absolute atomic E-state index is 0.0246. The molecule has 0 aliphatic heterocycles. The zero-order chi connectivity index (χ0) is 13.4. The van der Waals surface area contributed by atoms with E-state index in [1.165, 1.54) is 0 Å². The summed E-state index contributed by atoms with van der Waals surface area (Å²) < 4.78 is 83.1. The molecule has 0 saturated heterocycles. The second-order valence-electron chi connectivity index (χ2n) is 2.84. The maximum absolute atomic E-state index is 12.4. The number of pyridine rings is 1. The van der Waals surface area contributed by atoms with Crippen LogP contribution in [0.15, 0.2) is 17.2 Å². The van der Waals surface area contributed by atoms with E-state index >= 15 is 0 Å². The normalized spacial score (nSPS) is 13.1. The first kappa shape index (κ1) is 14.1. The summed E-state index contributed by atoms with van der Waals surface area (Å²) in [5.41, 5.74) is -3.37. The first-order chi connectivity index (χ1) is 7.53. The zero-order valence-corrected chi connectivity index (χ0v) is 9.24. The van der Waals surface area contributed by atoms with Crippen LogP contribution in [-0.2, 0) is 15.2 Å². The van der Waals surface area contributed by atoms with Crippen LogP contribution in [0, 0.1) is 0 Å². The molecule has 0 aliphatic rings. The van der Waals surface area contributed by atoms with Gasteiger partial charge in [-0.2, -0.15) is 13.2 Å². The number of rotatable bonds is 2. The van der Waals surface area contributed by atoms with Gasteiger partial charge in [0.25, 0.3) is 15.5 Å². The minimum Gasteiger partial charge on any atom is -0.253 e. The smallest absolute Gasteiger partial charge is 0.253 e. The second-order valence-corrected chi connectivity index (χ2v) is 5.41. The molecule has 1 heterocycles. The molecule has 3 nitrogen and oxygen atoms in total. The fourth-order valence-corrected chi connectivity index (χ4v) is 1.68. The van der Waals surface area contributed by atoms with Gasteiger partial charge in [0.15, 0.2) is 0 Å². The van der Waals surface area contributed by atoms with Gasteiger partial charge in [-0.25, -0.2) is 17.2 Å². The Labute approximate surface area is 96.6 Å². The average molecular weight is 296 g/mol. The molecular formula is C7H3ClF5NO2S. The van der Waals surface area contributed by atoms with Crippen LogP contribution in [-0.4, -0.2) is 13.4 Å². The lowest BCUT2D eigenvalue weighted by molar-refractivity contribution is -0.140. The lowest BCUT2D eigenvalue weighted by atomic mass is 10.2. The molecule has 0 bridgehead atoms. The van der Waals surface area contributed by atoms with Gasteiger partial charge in [0.05, 0.1) is 5.56 Å². The van der Waals surface area contributed by atoms with Gasteiger partial charge in [-0.1, -0.05) is 0 Å². The summed E-state index contributed by atoms with van der Waals surface area (Å²) in [6.45, 7) is 0. The number of hydrogen-bond donors (Lipinski definition) is 0. The number of nitrogens with zero attached hydrogens (tertiary/aromatic N) is 1. The summed E-state index contributed by atoms with van der Waals surface area (Å²) in [7, 11) is 0.327. The summed E-state index contributed by atoms with van der Waals surface area (Å²) in [4.78, 5) is 1.79. The Morgan fingerprint density at radius 1 is 1.29 bits per heavy atom. The number of aromatic nitrogens is 1. The van der Waals surface area contributed by atoms with E-state index in [4.69, 9.17) is 10.7 Å². The van der Waals surface area contributed by atoms with E-state index in [2.05, 4.69) is 4.98 Å². The van der Waals surface area contributed by atoms with Gasteiger partial charge in [0.2, 0.25) is 0 Å². The van der Waals surface area contributed by atoms with Crippen molar-refractivity contribution in [1.29, 1.82) is 0 Å². The number of halogens is 6. The van der Waals surface area contributed by atoms with Crippen LogP contribution < -0.4 is 0 Å². The Morgan fingerprint density at radius 3 is 2.18 bits per heavy atom. The van der Waals surface area contributed by atoms with Crippen molar-refractivity contribution in [2.45, 2.75) is 17.5 Å². The SMILES string of the molecule is O=S(=O)(Cl)c1cnc(C(F)F)c(C(F)(F)F)c1. The van der Waals surface area contributed by atoms with Gasteiger partial charge in [0.1, 0.15) is 10.6 Å². The predicted molar refractivity (Wildman–Crippen MR) is 47.2 cm³/mol. The molecule has 1 aromatic heterocycles. The molecule has 0 fully saturated rings. The van der Waals surface area contributed by atoms with Crippen LogP contribution in [0.3, 0.4) is 0 Å². The molecule has 0 saturated carbocycles. The highest BCUT2D eigenvalue weighted by molar-refractivity contribution is 8.13. The Hall–Kier alpha value is -0.960. The van der Waals surface area contributed by atoms with E-state index in [1.54, 1.807) is 0 Å². The van der Waals surface area contributed by atoms with E-state index < -0.39 is 37.8 Å². The fraction of sp³-hybridized carbons (Fsp3) is 0.286. The summed E-state index contributed by atoms with van der Waals surface area (Å²) in [6, 6.07) is 0.0246. The van der Waals surface area contributed by atoms with Crippen molar-refractivity contribution in [2.24, 2.45) is 0 Å². The fourth-order valence-electron chi connectivity index (χ4n) is 0.990. The van der Waals surface area contributed by atoms with Gasteiger partial charge < -0.3 is 0 Å². The molecule has 0 N–H and O–H groups in total. The van der Waals surface area contributed by atoms with Crippen LogP contribution in [0.25, 0.3) is 0 Å². The Balaban J connectivity index is 3.51. The van der Waals surface area contributed by atoms with Crippen molar-refractivity contribution < 1.29 is 30.4 Å². The number of alkyl halides is 5. The third kappa shape index (κ3) is 3.25. The van der Waals surface area contributed by atoms with Crippen molar-refractivity contribution in [2.75, 3.05) is 0 Å². The molecular weight excluding hydrogens is 293 g/mol. The molecule has 1 rings (SSSR count). The Bertz CT molecular complexity index is 528. The quantitative estimate of drug-likeness (QED) is 0.622. The molecule has 0 amide bonds. The summed E-state index contributed by atoms with van der Waals surface area (Å²) in [6.07, 6.45) is -8.27. The standard InChI is InChI=1S/C7H3ClF5NO2S/c8-17(15,16)3-1-4(7(11,12)13)5(6(9)10)14-2-3/h1-2,6H. The molecule has 1 aromatic rings. The topological polar surface area (TPSA) is 47.0 Å². The monoisotopic (exact) mass is 295 g/mol. The van der Waals surface area contributed by atoms with Crippen LogP contribution in [0.4, 0.5) is 22.0 Å². The summed E-state index contributed by atoms with van der Waals surface area (Å²) in [5, 5.41) is 0. The van der Waals surface area contributed by atoms with Gasteiger partial charge in [-0.05, 0) is 6.07 Å². The van der Waals surface area contributed by atoms with Gasteiger partial charge in [0, 0.05) is 16.9 Å². The lowest BCUT2D eigenvalue weighted by Gasteiger charge is -2.11. The van der Waals surface area contributed by atoms with E-state index in [1.807, 2.05) is 0 Å². The van der Waals surface area contributed by atoms with Gasteiger partial charge >= 0.3 is 6.18 Å². The highest BCUT2D eigenvalue weighted by Crippen LogP contribution is 2.36. The lowest BCUT2D eigenvalue weighted by Crippen LogP contribution is -2.12. The Morgan fingerprint density at radius 2 is 1.82 bits per heavy atom. The van der Waals surface area contributed by atoms with Gasteiger partial charge in [-0.15, -0.1) is 0 Å². The average Bonchev–Trinajstić information content (AvgIpc) is 2.14. The molecule has 0 atom stereocenters. The van der Waals surface area contributed by atoms with E-state index in [9.17, 15) is 30.4 Å². The van der Waals surface area contributed by atoms with E-state index in [0.29, 0.717) is 6.20 Å². The molecule has 17 heavy (non-hydrogen) atoms. The third-order valence-electron chi connectivity index (χ3n) is 1.69. The molecule has 96 valence electrons. The van der Waals surface area contributed by atoms with Crippen LogP contribution in [0.1, 0.15) is 17.7 Å². The Kier molecular flexibility index (Phi) is 3.63. The predicted octanol–water partition coefficient (Wildman–Crippen LogP) is 2.97. The first-order valence-corrected chi connectivity index (χ1v) is 6.14. The van der Waals surface area contributed by atoms with Crippen molar-refractivity contribution in [1.82, 2.24) is 4.98 Å². The van der Waals surface area contributed by atoms with Crippen molar-refractivity contribution in [3.8, 4) is 0 Å². The second kappa shape index (κ2) is 4.37. The summed E-state index contributed by atoms with van der Waals surface area (Å²) in [5.74, 6) is 0. The minimum atomic E-state index is -5.14. The molecule has 0 spiro atoms. The largest absolute Gasteiger partial charge is 0.418 e. The molecule has 10 heteroatoms. The van der Waals surface area contributed by atoms with Crippen molar-refractivity contribution >= 4 is 19.7 Å². The van der Waals surface area contributed by atoms with E-state index in [-0.39, 0.29) is 6.07 Å². The van der Waals surface area contributed by atoms with Crippen LogP contribution in [0.2, 0.25) is 0 Å². The van der Waals surface area contributed by atoms with Crippen molar-refractivity contribution in [3.63, 3.8) is 0 Å². The maximum Gasteiger partial charge on any atom is 0.418 e. The first-order valence-electron chi connectivity index (χ1n) is 3.83. The van der Waals surface area contributed by atoms with Crippen molar-refractivity contribution in [3.05, 3.63) is 23.5 Å². The highest BCUT2D eigenvalue weighted by Gasteiger charge is 2.37. The van der Waals surface area contributed by atoms with Crippen LogP contribution >= 0.6 is 10.7 Å². The summed E-state index contributed by atoms with van der Waals surface area (Å²) >= 11 is 0. The zero-order valence-electron chi connectivity index (χ0n) is 7.67. The number of hydrogen-bond acceptors (Lipinski definition) is 3. The highest BCUT2D eigenvalue weighted by atomic mass is 35.7. The van der Waals surface area contributed by atoms with E-state index in [0.717, 1.165) is 0 Å². The van der Waals surface area contributed by atoms with Crippen LogP contribution in [0.5, 0.6) is 0 Å².